The van der Waals surface area contributed by atoms with Gasteiger partial charge in [0.25, 0.3) is 0 Å². The van der Waals surface area contributed by atoms with Gasteiger partial charge >= 0.3 is 0 Å². The van der Waals surface area contributed by atoms with Crippen LogP contribution in [0.15, 0.2) is 24.3 Å². The van der Waals surface area contributed by atoms with Crippen LogP contribution in [0.4, 0.5) is 0 Å². The van der Waals surface area contributed by atoms with Crippen LogP contribution in [0.1, 0.15) is 35.7 Å². The Labute approximate surface area is 114 Å². The van der Waals surface area contributed by atoms with Gasteiger partial charge in [0.1, 0.15) is 0 Å². The Morgan fingerprint density at radius 1 is 1.32 bits per heavy atom. The molecule has 2 fully saturated rings. The number of Topliss-reactive ketones (excluding diaryl/α,β-unsaturated/α-hetero) is 1. The number of nitrogens with one attached hydrogen (secondary N) is 1. The second-order valence-electron chi connectivity index (χ2n) is 5.68. The maximum Gasteiger partial charge on any atom is 0.166 e. The number of rotatable bonds is 3. The van der Waals surface area contributed by atoms with Crippen LogP contribution in [-0.2, 0) is 11.2 Å². The van der Waals surface area contributed by atoms with Crippen molar-refractivity contribution in [2.24, 2.45) is 5.92 Å². The fourth-order valence-electron chi connectivity index (χ4n) is 3.23. The molecule has 1 aromatic carbocycles. The van der Waals surface area contributed by atoms with Crippen LogP contribution < -0.4 is 5.32 Å². The van der Waals surface area contributed by atoms with Gasteiger partial charge in [-0.3, -0.25) is 4.79 Å². The van der Waals surface area contributed by atoms with Crippen LogP contribution in [0.5, 0.6) is 0 Å². The lowest BCUT2D eigenvalue weighted by Crippen LogP contribution is -2.55. The zero-order chi connectivity index (χ0) is 13.2. The van der Waals surface area contributed by atoms with Crippen LogP contribution in [0.25, 0.3) is 0 Å². The van der Waals surface area contributed by atoms with Crippen LogP contribution >= 0.6 is 0 Å². The van der Waals surface area contributed by atoms with Gasteiger partial charge in [-0.15, -0.1) is 0 Å². The van der Waals surface area contributed by atoms with Gasteiger partial charge in [0.05, 0.1) is 13.2 Å². The Bertz CT molecular complexity index is 460. The smallest absolute Gasteiger partial charge is 0.166 e. The fourth-order valence-corrected chi connectivity index (χ4v) is 3.23. The second kappa shape index (κ2) is 5.43. The second-order valence-corrected chi connectivity index (χ2v) is 5.68. The van der Waals surface area contributed by atoms with E-state index in [4.69, 9.17) is 4.74 Å². The van der Waals surface area contributed by atoms with Crippen molar-refractivity contribution in [3.05, 3.63) is 35.4 Å². The van der Waals surface area contributed by atoms with E-state index in [1.165, 1.54) is 5.56 Å². The van der Waals surface area contributed by atoms with Gasteiger partial charge in [0.2, 0.25) is 0 Å². The maximum atomic E-state index is 12.6. The van der Waals surface area contributed by atoms with Crippen LogP contribution in [0.3, 0.4) is 0 Å². The third kappa shape index (κ3) is 2.72. The zero-order valence-electron chi connectivity index (χ0n) is 11.4. The van der Waals surface area contributed by atoms with Crippen LogP contribution in [-0.4, -0.2) is 31.1 Å². The van der Waals surface area contributed by atoms with Gasteiger partial charge in [0, 0.05) is 23.6 Å². The zero-order valence-corrected chi connectivity index (χ0v) is 11.4. The summed E-state index contributed by atoms with van der Waals surface area (Å²) in [6.45, 7) is 3.61. The molecule has 2 atom stereocenters. The number of ether oxygens (including phenoxy) is 1. The first-order chi connectivity index (χ1) is 9.26. The number of hydrogen-bond donors (Lipinski definition) is 1. The summed E-state index contributed by atoms with van der Waals surface area (Å²) in [5.74, 6) is 0.473. The highest BCUT2D eigenvalue weighted by Gasteiger charge is 2.35. The maximum absolute atomic E-state index is 12.6. The van der Waals surface area contributed by atoms with Gasteiger partial charge in [0.15, 0.2) is 5.78 Å². The first-order valence-corrected chi connectivity index (χ1v) is 7.23. The molecule has 2 aliphatic heterocycles. The summed E-state index contributed by atoms with van der Waals surface area (Å²) in [5.41, 5.74) is 2.12. The Morgan fingerprint density at radius 2 is 2.05 bits per heavy atom. The standard InChI is InChI=1S/C16H21NO2/c1-2-11-4-3-5-12(6-11)16(18)13-7-14-9-19-10-15(8-13)17-14/h3-6,13-15,17H,2,7-10H2,1H3. The molecule has 2 saturated heterocycles. The lowest BCUT2D eigenvalue weighted by atomic mass is 9.82. The molecule has 0 aliphatic carbocycles. The minimum absolute atomic E-state index is 0.159. The van der Waals surface area contributed by atoms with E-state index in [1.807, 2.05) is 12.1 Å². The molecule has 2 aliphatic rings. The minimum Gasteiger partial charge on any atom is -0.378 e. The first kappa shape index (κ1) is 12.8. The molecule has 1 N–H and O–H groups in total. The first-order valence-electron chi connectivity index (χ1n) is 7.23. The quantitative estimate of drug-likeness (QED) is 0.846. The predicted molar refractivity (Wildman–Crippen MR) is 74.4 cm³/mol. The molecule has 3 rings (SSSR count). The van der Waals surface area contributed by atoms with E-state index in [0.717, 1.165) is 38.0 Å². The van der Waals surface area contributed by atoms with Crippen molar-refractivity contribution in [1.82, 2.24) is 5.32 Å². The molecule has 2 heterocycles. The Kier molecular flexibility index (Phi) is 3.67. The number of aryl methyl sites for hydroxylation is 1. The summed E-state index contributed by atoms with van der Waals surface area (Å²) >= 11 is 0. The molecular weight excluding hydrogens is 238 g/mol. The molecule has 0 amide bonds. The molecule has 3 nitrogen and oxygen atoms in total. The molecule has 0 aromatic heterocycles. The molecule has 19 heavy (non-hydrogen) atoms. The third-order valence-electron chi connectivity index (χ3n) is 4.24. The highest BCUT2D eigenvalue weighted by molar-refractivity contribution is 5.98. The van der Waals surface area contributed by atoms with Crippen molar-refractivity contribution >= 4 is 5.78 Å². The van der Waals surface area contributed by atoms with Crippen molar-refractivity contribution in [1.29, 1.82) is 0 Å². The van der Waals surface area contributed by atoms with Crippen LogP contribution in [0, 0.1) is 5.92 Å². The van der Waals surface area contributed by atoms with Crippen molar-refractivity contribution < 1.29 is 9.53 Å². The Morgan fingerprint density at radius 3 is 2.74 bits per heavy atom. The number of benzene rings is 1. The third-order valence-corrected chi connectivity index (χ3v) is 4.24. The highest BCUT2D eigenvalue weighted by atomic mass is 16.5. The molecule has 0 saturated carbocycles. The van der Waals surface area contributed by atoms with E-state index in [-0.39, 0.29) is 5.92 Å². The van der Waals surface area contributed by atoms with Crippen LogP contribution in [0.2, 0.25) is 0 Å². The van der Waals surface area contributed by atoms with E-state index in [0.29, 0.717) is 17.9 Å². The SMILES string of the molecule is CCc1cccc(C(=O)C2CC3COCC(C2)N3)c1. The topological polar surface area (TPSA) is 38.3 Å². The monoisotopic (exact) mass is 259 g/mol. The van der Waals surface area contributed by atoms with Crippen molar-refractivity contribution in [2.45, 2.75) is 38.3 Å². The number of fused-ring (bicyclic) bond motifs is 2. The summed E-state index contributed by atoms with van der Waals surface area (Å²) in [6.07, 6.45) is 2.80. The summed E-state index contributed by atoms with van der Waals surface area (Å²) in [6, 6.07) is 8.80. The average Bonchev–Trinajstić information content (AvgIpc) is 2.46. The van der Waals surface area contributed by atoms with Gasteiger partial charge in [-0.05, 0) is 30.9 Å². The van der Waals surface area contributed by atoms with Gasteiger partial charge in [-0.25, -0.2) is 0 Å². The molecule has 102 valence electrons. The van der Waals surface area contributed by atoms with Crippen molar-refractivity contribution in [3.8, 4) is 0 Å². The number of hydrogen-bond acceptors (Lipinski definition) is 3. The molecule has 0 spiro atoms. The lowest BCUT2D eigenvalue weighted by Gasteiger charge is -2.39. The summed E-state index contributed by atoms with van der Waals surface area (Å²) in [7, 11) is 0. The Hall–Kier alpha value is -1.19. The van der Waals surface area contributed by atoms with Crippen molar-refractivity contribution in [2.75, 3.05) is 13.2 Å². The van der Waals surface area contributed by atoms with E-state index < -0.39 is 0 Å². The average molecular weight is 259 g/mol. The van der Waals surface area contributed by atoms with Gasteiger partial charge in [-0.1, -0.05) is 25.1 Å². The van der Waals surface area contributed by atoms with Gasteiger partial charge < -0.3 is 10.1 Å². The van der Waals surface area contributed by atoms with E-state index in [2.05, 4.69) is 24.4 Å². The number of ketones is 1. The Balaban J connectivity index is 1.76. The molecule has 3 heteroatoms. The largest absolute Gasteiger partial charge is 0.378 e. The van der Waals surface area contributed by atoms with Gasteiger partial charge in [-0.2, -0.15) is 0 Å². The number of carbonyl (C=O) groups is 1. The number of morpholine rings is 1. The van der Waals surface area contributed by atoms with E-state index in [1.54, 1.807) is 0 Å². The highest BCUT2D eigenvalue weighted by Crippen LogP contribution is 2.27. The summed E-state index contributed by atoms with van der Waals surface area (Å²) in [4.78, 5) is 12.6. The van der Waals surface area contributed by atoms with Crippen molar-refractivity contribution in [3.63, 3.8) is 0 Å². The van der Waals surface area contributed by atoms with E-state index >= 15 is 0 Å². The molecule has 2 bridgehead atoms. The van der Waals surface area contributed by atoms with E-state index in [9.17, 15) is 4.79 Å². The minimum atomic E-state index is 0.159. The normalized spacial score (nSPS) is 30.1. The predicted octanol–water partition coefficient (Wildman–Crippen LogP) is 2.20. The lowest BCUT2D eigenvalue weighted by molar-refractivity contribution is 0.00953. The fraction of sp³-hybridized carbons (Fsp3) is 0.562. The summed E-state index contributed by atoms with van der Waals surface area (Å²) in [5, 5.41) is 3.53. The molecule has 1 aromatic rings. The molecular formula is C16H21NO2. The molecule has 0 radical (unpaired) electrons. The molecule has 2 unspecified atom stereocenters. The summed E-state index contributed by atoms with van der Waals surface area (Å²) < 4.78 is 5.53. The number of piperidine rings is 1. The number of carbonyl (C=O) groups excluding carboxylic acids is 1.